The molecule has 0 radical (unpaired) electrons. The maximum atomic E-state index is 12.0. The number of hydrogen-bond acceptors (Lipinski definition) is 5. The summed E-state index contributed by atoms with van der Waals surface area (Å²) in [6, 6.07) is 9.19. The molecule has 2 aromatic rings. The van der Waals surface area contributed by atoms with E-state index in [1.807, 2.05) is 30.3 Å². The Balaban J connectivity index is 1.86. The molecule has 0 spiro atoms. The molecular formula is C16H22N4OS. The van der Waals surface area contributed by atoms with Crippen LogP contribution in [0.2, 0.25) is 0 Å². The van der Waals surface area contributed by atoms with Crippen LogP contribution in [0.3, 0.4) is 0 Å². The highest BCUT2D eigenvalue weighted by atomic mass is 32.1. The maximum absolute atomic E-state index is 12.0. The van der Waals surface area contributed by atoms with E-state index in [-0.39, 0.29) is 11.3 Å². The van der Waals surface area contributed by atoms with Gasteiger partial charge in [0, 0.05) is 5.41 Å². The van der Waals surface area contributed by atoms with Crippen molar-refractivity contribution in [3.8, 4) is 0 Å². The van der Waals surface area contributed by atoms with Crippen molar-refractivity contribution in [3.63, 3.8) is 0 Å². The molecule has 118 valence electrons. The second kappa shape index (κ2) is 6.98. The highest BCUT2D eigenvalue weighted by molar-refractivity contribution is 7.11. The van der Waals surface area contributed by atoms with E-state index in [1.54, 1.807) is 0 Å². The zero-order valence-corrected chi connectivity index (χ0v) is 14.0. The van der Waals surface area contributed by atoms with Crippen LogP contribution in [-0.4, -0.2) is 22.1 Å². The average Bonchev–Trinajstić information content (AvgIpc) is 2.94. The van der Waals surface area contributed by atoms with Gasteiger partial charge in [-0.2, -0.15) is 0 Å². The van der Waals surface area contributed by atoms with Crippen molar-refractivity contribution in [2.24, 2.45) is 5.73 Å². The summed E-state index contributed by atoms with van der Waals surface area (Å²) in [6.07, 6.45) is 0.524. The van der Waals surface area contributed by atoms with E-state index in [0.29, 0.717) is 13.0 Å². The Morgan fingerprint density at radius 3 is 2.55 bits per heavy atom. The van der Waals surface area contributed by atoms with Gasteiger partial charge in [0.15, 0.2) is 0 Å². The molecule has 1 heterocycles. The first-order valence-electron chi connectivity index (χ1n) is 7.26. The van der Waals surface area contributed by atoms with Gasteiger partial charge >= 0.3 is 0 Å². The average molecular weight is 318 g/mol. The smallest absolute Gasteiger partial charge is 0.237 e. The van der Waals surface area contributed by atoms with E-state index in [1.165, 1.54) is 11.3 Å². The molecule has 5 nitrogen and oxygen atoms in total. The van der Waals surface area contributed by atoms with Gasteiger partial charge in [-0.15, -0.1) is 10.2 Å². The monoisotopic (exact) mass is 318 g/mol. The van der Waals surface area contributed by atoms with Gasteiger partial charge in [0.25, 0.3) is 0 Å². The van der Waals surface area contributed by atoms with Crippen LogP contribution in [0.5, 0.6) is 0 Å². The minimum Gasteiger partial charge on any atom is -0.348 e. The van der Waals surface area contributed by atoms with Gasteiger partial charge in [-0.25, -0.2) is 0 Å². The molecule has 6 heteroatoms. The number of rotatable bonds is 5. The van der Waals surface area contributed by atoms with E-state index in [4.69, 9.17) is 5.73 Å². The number of hydrogen-bond donors (Lipinski definition) is 2. The summed E-state index contributed by atoms with van der Waals surface area (Å²) in [5, 5.41) is 12.9. The summed E-state index contributed by atoms with van der Waals surface area (Å²) in [5.41, 5.74) is 6.97. The molecule has 0 aliphatic rings. The highest BCUT2D eigenvalue weighted by Gasteiger charge is 2.20. The molecule has 1 amide bonds. The lowest BCUT2D eigenvalue weighted by Crippen LogP contribution is -2.41. The lowest BCUT2D eigenvalue weighted by molar-refractivity contribution is -0.122. The van der Waals surface area contributed by atoms with Crippen molar-refractivity contribution in [3.05, 3.63) is 45.9 Å². The molecule has 0 bridgehead atoms. The van der Waals surface area contributed by atoms with E-state index in [2.05, 4.69) is 36.3 Å². The number of carbonyl (C=O) groups is 1. The second-order valence-corrected chi connectivity index (χ2v) is 7.33. The summed E-state index contributed by atoms with van der Waals surface area (Å²) < 4.78 is 0. The molecule has 0 aliphatic heterocycles. The predicted molar refractivity (Wildman–Crippen MR) is 88.6 cm³/mol. The Morgan fingerprint density at radius 2 is 1.95 bits per heavy atom. The molecular weight excluding hydrogens is 296 g/mol. The van der Waals surface area contributed by atoms with Crippen LogP contribution in [0.4, 0.5) is 0 Å². The number of carbonyl (C=O) groups excluding carboxylic acids is 1. The number of benzene rings is 1. The maximum Gasteiger partial charge on any atom is 0.237 e. The first kappa shape index (κ1) is 16.6. The van der Waals surface area contributed by atoms with Crippen molar-refractivity contribution in [1.82, 2.24) is 15.5 Å². The Bertz CT molecular complexity index is 619. The number of nitrogens with two attached hydrogens (primary N) is 1. The van der Waals surface area contributed by atoms with Crippen LogP contribution in [0.1, 0.15) is 36.3 Å². The lowest BCUT2D eigenvalue weighted by atomic mass is 9.98. The number of nitrogens with zero attached hydrogens (tertiary/aromatic N) is 2. The van der Waals surface area contributed by atoms with Crippen LogP contribution in [0.15, 0.2) is 30.3 Å². The molecule has 22 heavy (non-hydrogen) atoms. The first-order valence-corrected chi connectivity index (χ1v) is 8.08. The third-order valence-electron chi connectivity index (χ3n) is 3.16. The van der Waals surface area contributed by atoms with Gasteiger partial charge in [0.2, 0.25) is 5.91 Å². The summed E-state index contributed by atoms with van der Waals surface area (Å²) in [4.78, 5) is 12.0. The molecule has 0 saturated heterocycles. The SMILES string of the molecule is CC(C)(C)c1nnc(CNC(=O)[C@@H](N)Cc2ccccc2)s1. The van der Waals surface area contributed by atoms with Crippen molar-refractivity contribution < 1.29 is 4.79 Å². The van der Waals surface area contributed by atoms with E-state index >= 15 is 0 Å². The number of aromatic nitrogens is 2. The van der Waals surface area contributed by atoms with Crippen molar-refractivity contribution in [2.75, 3.05) is 0 Å². The summed E-state index contributed by atoms with van der Waals surface area (Å²) >= 11 is 1.52. The van der Waals surface area contributed by atoms with Crippen LogP contribution in [0.25, 0.3) is 0 Å². The number of nitrogens with one attached hydrogen (secondary N) is 1. The van der Waals surface area contributed by atoms with Gasteiger partial charge in [-0.05, 0) is 12.0 Å². The normalized spacial score (nSPS) is 12.9. The van der Waals surface area contributed by atoms with E-state index < -0.39 is 6.04 Å². The highest BCUT2D eigenvalue weighted by Crippen LogP contribution is 2.25. The molecule has 0 fully saturated rings. The molecule has 2 rings (SSSR count). The second-order valence-electron chi connectivity index (χ2n) is 6.26. The fourth-order valence-electron chi connectivity index (χ4n) is 1.88. The van der Waals surface area contributed by atoms with Gasteiger partial charge < -0.3 is 11.1 Å². The molecule has 0 aliphatic carbocycles. The Hall–Kier alpha value is -1.79. The molecule has 0 unspecified atom stereocenters. The third-order valence-corrected chi connectivity index (χ3v) is 4.51. The van der Waals surface area contributed by atoms with Gasteiger partial charge in [0.1, 0.15) is 10.0 Å². The van der Waals surface area contributed by atoms with E-state index in [0.717, 1.165) is 15.6 Å². The third kappa shape index (κ3) is 4.61. The van der Waals surface area contributed by atoms with E-state index in [9.17, 15) is 4.79 Å². The van der Waals surface area contributed by atoms with Gasteiger partial charge in [-0.3, -0.25) is 4.79 Å². The summed E-state index contributed by atoms with van der Waals surface area (Å²) in [6.45, 7) is 6.64. The molecule has 3 N–H and O–H groups in total. The van der Waals surface area contributed by atoms with Crippen LogP contribution >= 0.6 is 11.3 Å². The summed E-state index contributed by atoms with van der Waals surface area (Å²) in [5.74, 6) is -0.170. The molecule has 1 atom stereocenters. The Labute approximate surface area is 135 Å². The van der Waals surface area contributed by atoms with Crippen molar-refractivity contribution in [1.29, 1.82) is 0 Å². The quantitative estimate of drug-likeness (QED) is 0.884. The predicted octanol–water partition coefficient (Wildman–Crippen LogP) is 2.02. The zero-order chi connectivity index (χ0) is 16.2. The lowest BCUT2D eigenvalue weighted by Gasteiger charge is -2.12. The topological polar surface area (TPSA) is 80.9 Å². The Morgan fingerprint density at radius 1 is 1.27 bits per heavy atom. The van der Waals surface area contributed by atoms with Gasteiger partial charge in [-0.1, -0.05) is 62.4 Å². The molecule has 1 aromatic carbocycles. The van der Waals surface area contributed by atoms with Crippen LogP contribution < -0.4 is 11.1 Å². The standard InChI is InChI=1S/C16H22N4OS/c1-16(2,3)15-20-19-13(22-15)10-18-14(21)12(17)9-11-7-5-4-6-8-11/h4-8,12H,9-10,17H2,1-3H3,(H,18,21)/t12-/m0/s1. The Kier molecular flexibility index (Phi) is 5.26. The first-order chi connectivity index (χ1) is 10.4. The molecule has 0 saturated carbocycles. The largest absolute Gasteiger partial charge is 0.348 e. The fraction of sp³-hybridized carbons (Fsp3) is 0.438. The number of amides is 1. The van der Waals surface area contributed by atoms with Crippen LogP contribution in [0, 0.1) is 0 Å². The zero-order valence-electron chi connectivity index (χ0n) is 13.2. The summed E-state index contributed by atoms with van der Waals surface area (Å²) in [7, 11) is 0. The minimum atomic E-state index is -0.558. The fourth-order valence-corrected chi connectivity index (χ4v) is 2.72. The minimum absolute atomic E-state index is 0.0242. The van der Waals surface area contributed by atoms with Crippen molar-refractivity contribution in [2.45, 2.75) is 45.2 Å². The molecule has 1 aromatic heterocycles. The van der Waals surface area contributed by atoms with Gasteiger partial charge in [0.05, 0.1) is 12.6 Å². The van der Waals surface area contributed by atoms with Crippen LogP contribution in [-0.2, 0) is 23.2 Å². The van der Waals surface area contributed by atoms with Crippen molar-refractivity contribution >= 4 is 17.2 Å².